The van der Waals surface area contributed by atoms with Gasteiger partial charge in [-0.1, -0.05) is 0 Å². The van der Waals surface area contributed by atoms with Crippen molar-refractivity contribution in [1.29, 1.82) is 0 Å². The fourth-order valence-corrected chi connectivity index (χ4v) is 0. The van der Waals surface area contributed by atoms with Gasteiger partial charge in [0.05, 0.1) is 0 Å². The highest BCUT2D eigenvalue weighted by molar-refractivity contribution is 7.37. The molecule has 0 saturated heterocycles. The Kier molecular flexibility index (Phi) is 10.7. The summed E-state index contributed by atoms with van der Waals surface area (Å²) < 4.78 is 0. The molecule has 0 atom stereocenters. The monoisotopic (exact) mass is 95.9 g/mol. The highest BCUT2D eigenvalue weighted by Crippen LogP contribution is 1.24. The maximum absolute atomic E-state index is 2.23. The first-order chi connectivity index (χ1) is 1.91. The zero-order valence-corrected chi connectivity index (χ0v) is 8.49. The summed E-state index contributed by atoms with van der Waals surface area (Å²) in [4.78, 5) is 0. The van der Waals surface area contributed by atoms with Crippen molar-refractivity contribution in [2.75, 3.05) is 0 Å². The molecule has 0 aliphatic carbocycles. The lowest BCUT2D eigenvalue weighted by molar-refractivity contribution is 4.14. The van der Waals surface area contributed by atoms with E-state index >= 15 is 0 Å². The van der Waals surface area contributed by atoms with E-state index in [1.165, 1.54) is 0 Å². The van der Waals surface area contributed by atoms with Crippen molar-refractivity contribution in [2.45, 2.75) is 0 Å². The first-order valence-corrected chi connectivity index (χ1v) is 13.5. The zero-order valence-electron chi connectivity index (χ0n) is 2.83. The Labute approximate surface area is 60.5 Å². The first kappa shape index (κ1) is 7.06. The van der Waals surface area contributed by atoms with Crippen molar-refractivity contribution in [3.63, 3.8) is 0 Å². The van der Waals surface area contributed by atoms with Gasteiger partial charge in [0.2, 0.25) is 0 Å². The molecule has 0 aromatic heterocycles. The predicted octanol–water partition coefficient (Wildman–Crippen LogP) is -1.52. The summed E-state index contributed by atoms with van der Waals surface area (Å²) in [7, 11) is 0. The molecule has 0 saturated carbocycles. The van der Waals surface area contributed by atoms with Crippen LogP contribution in [-0.2, 0) is 0 Å². The van der Waals surface area contributed by atoms with Crippen LogP contribution in [0.3, 0.4) is 0 Å². The van der Waals surface area contributed by atoms with Gasteiger partial charge in [0.25, 0.3) is 0 Å². The van der Waals surface area contributed by atoms with E-state index in [4.69, 9.17) is 0 Å². The summed E-state index contributed by atoms with van der Waals surface area (Å²) in [6, 6.07) is 0. The Morgan fingerprint density at radius 1 is 1.00 bits per heavy atom. The van der Waals surface area contributed by atoms with Crippen LogP contribution >= 0.6 is 0 Å². The zero-order chi connectivity index (χ0) is 3.41. The first-order valence-electron chi connectivity index (χ1n) is 1.50. The van der Waals surface area contributed by atoms with Gasteiger partial charge in [-0.05, 0) is 0 Å². The van der Waals surface area contributed by atoms with Gasteiger partial charge in [-0.2, -0.15) is 0 Å². The number of hydrogen-bond acceptors (Lipinski definition) is 0. The summed E-state index contributed by atoms with van der Waals surface area (Å²) in [6.45, 7) is 0. The molecule has 4 heteroatoms. The molecule has 0 unspecified atom stereocenters. The van der Waals surface area contributed by atoms with Crippen LogP contribution in [-0.4, -0.2) is 62.2 Å². The molecule has 0 aliphatic heterocycles. The highest BCUT2D eigenvalue weighted by Gasteiger charge is 1.62. The van der Waals surface area contributed by atoms with E-state index in [0.29, 0.717) is 26.1 Å². The lowest BCUT2D eigenvalue weighted by Gasteiger charge is -1.62. The molecule has 0 bridgehead atoms. The van der Waals surface area contributed by atoms with E-state index in [1.807, 2.05) is 0 Å². The molecule has 0 aromatic rings. The Morgan fingerprint density at radius 2 is 1.25 bits per heavy atom. The Bertz CT molecular complexity index is 2.00. The van der Waals surface area contributed by atoms with Crippen LogP contribution in [0.25, 0.3) is 0 Å². The maximum Gasteiger partial charge on any atom is 0 e. The second kappa shape index (κ2) is 6.06. The summed E-state index contributed by atoms with van der Waals surface area (Å²) in [5.41, 5.74) is 0. The lowest BCUT2D eigenvalue weighted by atomic mass is 22.7. The standard InChI is InChI=1S/4Mg. The fraction of sp³-hybridized carbons (Fsp3) is 0. The molecule has 0 heterocycles. The Balaban J connectivity index is 1.97. The minimum atomic E-state index is 0.603. The number of rotatable bonds is 1. The van der Waals surface area contributed by atoms with Gasteiger partial charge in [-0.25, -0.2) is 0 Å². The third kappa shape index (κ3) is 5.06. The van der Waals surface area contributed by atoms with Crippen molar-refractivity contribution in [3.8, 4) is 0 Å². The maximum atomic E-state index is 2.23. The second-order valence-electron chi connectivity index (χ2n) is 0.707. The fourth-order valence-electron chi connectivity index (χ4n) is 0. The smallest absolute Gasteiger partial charge is 0 e. The molecule has 8 valence electrons. The Hall–Kier alpha value is 3.06. The van der Waals surface area contributed by atoms with Crippen molar-refractivity contribution in [3.05, 3.63) is 0 Å². The topological polar surface area (TPSA) is 0 Å². The Morgan fingerprint density at radius 3 is 1.25 bits per heavy atom. The summed E-state index contributed by atoms with van der Waals surface area (Å²) >= 11 is 5.67. The van der Waals surface area contributed by atoms with Gasteiger partial charge in [0.1, 0.15) is 0 Å². The third-order valence-electron chi connectivity index (χ3n) is 0.250. The van der Waals surface area contributed by atoms with Crippen LogP contribution in [0, 0.1) is 0 Å². The molecule has 0 N–H and O–H groups in total. The van der Waals surface area contributed by atoms with E-state index in [2.05, 4.69) is 36.1 Å². The van der Waals surface area contributed by atoms with Gasteiger partial charge < -0.3 is 0 Å². The van der Waals surface area contributed by atoms with Crippen molar-refractivity contribution in [2.24, 2.45) is 0 Å². The SMILES string of the molecule is [Mg][Mg][Mg][Mg]. The molecule has 0 fully saturated rings. The molecule has 0 aromatic carbocycles. The summed E-state index contributed by atoms with van der Waals surface area (Å²) in [6.07, 6.45) is 0. The molecule has 0 rings (SSSR count). The van der Waals surface area contributed by atoms with Crippen LogP contribution in [0.5, 0.6) is 0 Å². The molecule has 2 radical (unpaired) electrons. The van der Waals surface area contributed by atoms with Gasteiger partial charge in [0.15, 0.2) is 0 Å². The largest absolute Gasteiger partial charge is 0 e. The summed E-state index contributed by atoms with van der Waals surface area (Å²) in [5.74, 6) is 0. The van der Waals surface area contributed by atoms with E-state index in [0.717, 1.165) is 0 Å². The lowest BCUT2D eigenvalue weighted by Crippen LogP contribution is -2.00. The van der Waals surface area contributed by atoms with Crippen LogP contribution in [0.2, 0.25) is 0 Å². The normalized spacial score (nSPS) is 2.50. The average molecular weight is 97.2 g/mol. The van der Waals surface area contributed by atoms with Gasteiger partial charge in [0, 0.05) is 62.2 Å². The quantitative estimate of drug-likeness (QED) is 0.349. The highest BCUT2D eigenvalue weighted by atomic mass is 25.9. The van der Waals surface area contributed by atoms with E-state index in [9.17, 15) is 0 Å². The van der Waals surface area contributed by atoms with Crippen molar-refractivity contribution < 1.29 is 0 Å². The molecule has 0 amide bonds. The van der Waals surface area contributed by atoms with E-state index in [-0.39, 0.29) is 0 Å². The molecule has 0 aliphatic rings. The van der Waals surface area contributed by atoms with E-state index in [1.54, 1.807) is 0 Å². The predicted molar refractivity (Wildman–Crippen MR) is 23.0 cm³/mol. The van der Waals surface area contributed by atoms with Crippen LogP contribution in [0.1, 0.15) is 0 Å². The average Bonchev–Trinajstić information content (AvgIpc) is 1.37. The van der Waals surface area contributed by atoms with Gasteiger partial charge >= 0.3 is 0 Å². The minimum Gasteiger partial charge on any atom is 0 e. The number of hydrogen-bond donors (Lipinski definition) is 0. The van der Waals surface area contributed by atoms with Crippen LogP contribution in [0.4, 0.5) is 0 Å². The molecule has 0 nitrogen and oxygen atoms in total. The van der Waals surface area contributed by atoms with Crippen LogP contribution < -0.4 is 0 Å². The van der Waals surface area contributed by atoms with Crippen molar-refractivity contribution in [1.82, 2.24) is 0 Å². The molecule has 0 spiro atoms. The molecular formula is Mg4. The van der Waals surface area contributed by atoms with Crippen LogP contribution in [0.15, 0.2) is 0 Å². The van der Waals surface area contributed by atoms with Crippen molar-refractivity contribution >= 4 is 62.2 Å². The van der Waals surface area contributed by atoms with E-state index < -0.39 is 0 Å². The molecule has 4 heavy (non-hydrogen) atoms. The molecular weight excluding hydrogens is 97.2 g/mol. The van der Waals surface area contributed by atoms with Gasteiger partial charge in [-0.15, -0.1) is 0 Å². The van der Waals surface area contributed by atoms with Gasteiger partial charge in [-0.3, -0.25) is 0 Å². The second-order valence-corrected chi connectivity index (χ2v) is 19.1. The third-order valence-corrected chi connectivity index (χ3v) is 20.2. The summed E-state index contributed by atoms with van der Waals surface area (Å²) in [5, 5.41) is 0. The minimum absolute atomic E-state index is 0.603.